The zero-order valence-electron chi connectivity index (χ0n) is 14.9. The molecule has 2 nitrogen and oxygen atoms in total. The number of hydrogen-bond acceptors (Lipinski definition) is 2. The first-order valence-corrected chi connectivity index (χ1v) is 9.69. The van der Waals surface area contributed by atoms with Crippen molar-refractivity contribution in [3.8, 4) is 11.5 Å². The molecule has 1 atom stereocenters. The molecule has 0 bridgehead atoms. The van der Waals surface area contributed by atoms with Gasteiger partial charge in [-0.05, 0) is 31.6 Å². The number of benzene rings is 2. The highest BCUT2D eigenvalue weighted by Crippen LogP contribution is 2.48. The Morgan fingerprint density at radius 3 is 2.33 bits per heavy atom. The predicted octanol–water partition coefficient (Wildman–Crippen LogP) is 6.42. The SMILES string of the molecule is CCCCCCCCC1CCCc2c1c(O)c1ccccc1c2O. The molecular weight excluding hydrogens is 296 g/mol. The van der Waals surface area contributed by atoms with E-state index in [-0.39, 0.29) is 0 Å². The summed E-state index contributed by atoms with van der Waals surface area (Å²) >= 11 is 0. The summed E-state index contributed by atoms with van der Waals surface area (Å²) in [5, 5.41) is 23.1. The van der Waals surface area contributed by atoms with Crippen molar-refractivity contribution < 1.29 is 10.2 Å². The van der Waals surface area contributed by atoms with Crippen molar-refractivity contribution in [1.82, 2.24) is 0 Å². The molecule has 130 valence electrons. The van der Waals surface area contributed by atoms with E-state index in [1.807, 2.05) is 24.3 Å². The van der Waals surface area contributed by atoms with Gasteiger partial charge in [0.1, 0.15) is 11.5 Å². The normalized spacial score (nSPS) is 17.1. The van der Waals surface area contributed by atoms with Crippen LogP contribution in [0.15, 0.2) is 24.3 Å². The summed E-state index contributed by atoms with van der Waals surface area (Å²) < 4.78 is 0. The highest BCUT2D eigenvalue weighted by molar-refractivity contribution is 5.95. The van der Waals surface area contributed by atoms with Crippen LogP contribution in [0.1, 0.15) is 81.8 Å². The van der Waals surface area contributed by atoms with Crippen LogP contribution in [-0.4, -0.2) is 10.2 Å². The largest absolute Gasteiger partial charge is 0.507 e. The van der Waals surface area contributed by atoms with Crippen molar-refractivity contribution in [3.63, 3.8) is 0 Å². The molecule has 0 aromatic heterocycles. The Morgan fingerprint density at radius 1 is 0.917 bits per heavy atom. The molecule has 0 saturated heterocycles. The summed E-state index contributed by atoms with van der Waals surface area (Å²) in [6.07, 6.45) is 12.1. The smallest absolute Gasteiger partial charge is 0.127 e. The molecule has 1 unspecified atom stereocenters. The van der Waals surface area contributed by atoms with Crippen molar-refractivity contribution in [2.75, 3.05) is 0 Å². The monoisotopic (exact) mass is 326 g/mol. The maximum absolute atomic E-state index is 10.9. The third-order valence-corrected chi connectivity index (χ3v) is 5.60. The molecule has 0 saturated carbocycles. The van der Waals surface area contributed by atoms with Crippen LogP contribution in [-0.2, 0) is 6.42 Å². The fourth-order valence-electron chi connectivity index (χ4n) is 4.30. The number of phenols is 2. The maximum atomic E-state index is 10.9. The summed E-state index contributed by atoms with van der Waals surface area (Å²) in [4.78, 5) is 0. The topological polar surface area (TPSA) is 40.5 Å². The average molecular weight is 326 g/mol. The number of aromatic hydroxyl groups is 2. The van der Waals surface area contributed by atoms with E-state index in [0.29, 0.717) is 17.4 Å². The van der Waals surface area contributed by atoms with Crippen LogP contribution in [0.2, 0.25) is 0 Å². The molecule has 0 amide bonds. The standard InChI is InChI=1S/C22H30O2/c1-2-3-4-5-6-7-11-16-12-10-15-19-20(16)22(24)18-14-9-8-13-17(18)21(19)23/h8-9,13-14,16,23-24H,2-7,10-12,15H2,1H3. The fraction of sp³-hybridized carbons (Fsp3) is 0.545. The van der Waals surface area contributed by atoms with Crippen molar-refractivity contribution >= 4 is 10.8 Å². The van der Waals surface area contributed by atoms with Gasteiger partial charge in [0.15, 0.2) is 0 Å². The second-order valence-electron chi connectivity index (χ2n) is 7.28. The Labute approximate surface area is 145 Å². The molecule has 0 radical (unpaired) electrons. The van der Waals surface area contributed by atoms with Crippen molar-refractivity contribution in [1.29, 1.82) is 0 Å². The molecule has 3 rings (SSSR count). The minimum absolute atomic E-state index is 0.394. The van der Waals surface area contributed by atoms with E-state index in [1.165, 1.54) is 38.5 Å². The lowest BCUT2D eigenvalue weighted by Crippen LogP contribution is -2.11. The first kappa shape index (κ1) is 17.1. The Kier molecular flexibility index (Phi) is 5.65. The van der Waals surface area contributed by atoms with Crippen LogP contribution in [0.4, 0.5) is 0 Å². The lowest BCUT2D eigenvalue weighted by atomic mass is 9.77. The predicted molar refractivity (Wildman–Crippen MR) is 101 cm³/mol. The lowest BCUT2D eigenvalue weighted by Gasteiger charge is -2.28. The molecule has 2 aromatic rings. The van der Waals surface area contributed by atoms with E-state index >= 15 is 0 Å². The van der Waals surface area contributed by atoms with Crippen LogP contribution in [0.25, 0.3) is 10.8 Å². The van der Waals surface area contributed by atoms with Crippen molar-refractivity contribution in [2.24, 2.45) is 0 Å². The Morgan fingerprint density at radius 2 is 1.58 bits per heavy atom. The minimum Gasteiger partial charge on any atom is -0.507 e. The third kappa shape index (κ3) is 3.38. The van der Waals surface area contributed by atoms with Gasteiger partial charge in [-0.2, -0.15) is 0 Å². The van der Waals surface area contributed by atoms with Gasteiger partial charge >= 0.3 is 0 Å². The first-order chi connectivity index (χ1) is 11.7. The Balaban J connectivity index is 1.79. The van der Waals surface area contributed by atoms with Gasteiger partial charge < -0.3 is 10.2 Å². The Bertz CT molecular complexity index is 690. The van der Waals surface area contributed by atoms with Gasteiger partial charge in [0.2, 0.25) is 0 Å². The summed E-state index contributed by atoms with van der Waals surface area (Å²) in [5.41, 5.74) is 2.03. The molecular formula is C22H30O2. The zero-order chi connectivity index (χ0) is 16.9. The van der Waals surface area contributed by atoms with Crippen molar-refractivity contribution in [2.45, 2.75) is 77.0 Å². The van der Waals surface area contributed by atoms with Gasteiger partial charge in [0.05, 0.1) is 0 Å². The molecule has 0 spiro atoms. The van der Waals surface area contributed by atoms with Gasteiger partial charge in [-0.25, -0.2) is 0 Å². The second kappa shape index (κ2) is 7.92. The molecule has 2 heteroatoms. The van der Waals surface area contributed by atoms with Gasteiger partial charge in [0, 0.05) is 21.9 Å². The van der Waals surface area contributed by atoms with Crippen LogP contribution in [0.5, 0.6) is 11.5 Å². The second-order valence-corrected chi connectivity index (χ2v) is 7.28. The average Bonchev–Trinajstić information content (AvgIpc) is 2.62. The van der Waals surface area contributed by atoms with Crippen molar-refractivity contribution in [3.05, 3.63) is 35.4 Å². The molecule has 2 N–H and O–H groups in total. The van der Waals surface area contributed by atoms with Crippen LogP contribution < -0.4 is 0 Å². The van der Waals surface area contributed by atoms with Crippen LogP contribution in [0.3, 0.4) is 0 Å². The van der Waals surface area contributed by atoms with Crippen LogP contribution in [0, 0.1) is 0 Å². The highest BCUT2D eigenvalue weighted by atomic mass is 16.3. The molecule has 24 heavy (non-hydrogen) atoms. The highest BCUT2D eigenvalue weighted by Gasteiger charge is 2.27. The van der Waals surface area contributed by atoms with E-state index in [2.05, 4.69) is 6.92 Å². The fourth-order valence-corrected chi connectivity index (χ4v) is 4.30. The number of rotatable bonds is 7. The third-order valence-electron chi connectivity index (χ3n) is 5.60. The Hall–Kier alpha value is -1.70. The van der Waals surface area contributed by atoms with E-state index < -0.39 is 0 Å². The number of unbranched alkanes of at least 4 members (excludes halogenated alkanes) is 5. The summed E-state index contributed by atoms with van der Waals surface area (Å²) in [5.74, 6) is 1.20. The minimum atomic E-state index is 0.394. The molecule has 0 aliphatic heterocycles. The van der Waals surface area contributed by atoms with Crippen LogP contribution >= 0.6 is 0 Å². The molecule has 2 aromatic carbocycles. The number of phenolic OH excluding ortho intramolecular Hbond substituents is 2. The quantitative estimate of drug-likeness (QED) is 0.455. The van der Waals surface area contributed by atoms with Gasteiger partial charge in [-0.15, -0.1) is 0 Å². The van der Waals surface area contributed by atoms with Gasteiger partial charge in [0.25, 0.3) is 0 Å². The molecule has 0 heterocycles. The summed E-state index contributed by atoms with van der Waals surface area (Å²) in [7, 11) is 0. The molecule has 0 fully saturated rings. The number of hydrogen-bond donors (Lipinski definition) is 2. The molecule has 1 aliphatic rings. The first-order valence-electron chi connectivity index (χ1n) is 9.69. The van der Waals surface area contributed by atoms with E-state index in [4.69, 9.17) is 0 Å². The zero-order valence-corrected chi connectivity index (χ0v) is 14.9. The summed E-state index contributed by atoms with van der Waals surface area (Å²) in [6.45, 7) is 2.25. The lowest BCUT2D eigenvalue weighted by molar-refractivity contribution is 0.418. The molecule has 1 aliphatic carbocycles. The maximum Gasteiger partial charge on any atom is 0.127 e. The van der Waals surface area contributed by atoms with E-state index in [0.717, 1.165) is 47.6 Å². The van der Waals surface area contributed by atoms with Gasteiger partial charge in [-0.1, -0.05) is 69.7 Å². The summed E-state index contributed by atoms with van der Waals surface area (Å²) in [6, 6.07) is 7.67. The van der Waals surface area contributed by atoms with Gasteiger partial charge in [-0.3, -0.25) is 0 Å². The number of fused-ring (bicyclic) bond motifs is 2. The van der Waals surface area contributed by atoms with E-state index in [9.17, 15) is 10.2 Å². The van der Waals surface area contributed by atoms with E-state index in [1.54, 1.807) is 0 Å².